The van der Waals surface area contributed by atoms with Crippen LogP contribution in [0, 0.1) is 30.9 Å². The van der Waals surface area contributed by atoms with E-state index in [-0.39, 0.29) is 10.7 Å². The number of amides is 2. The molecule has 1 fully saturated rings. The van der Waals surface area contributed by atoms with Crippen LogP contribution in [-0.2, 0) is 4.79 Å². The average Bonchev–Trinajstić information content (AvgIpc) is 3.10. The summed E-state index contributed by atoms with van der Waals surface area (Å²) in [4.78, 5) is 36.2. The van der Waals surface area contributed by atoms with Gasteiger partial charge in [-0.3, -0.25) is 19.7 Å². The zero-order valence-electron chi connectivity index (χ0n) is 13.7. The summed E-state index contributed by atoms with van der Waals surface area (Å²) < 4.78 is 5.01. The first kappa shape index (κ1) is 17.0. The van der Waals surface area contributed by atoms with E-state index in [1.54, 1.807) is 12.1 Å². The topological polar surface area (TPSA) is 93.7 Å². The van der Waals surface area contributed by atoms with Crippen molar-refractivity contribution in [2.24, 2.45) is 0 Å². The van der Waals surface area contributed by atoms with Gasteiger partial charge in [-0.2, -0.15) is 0 Å². The molecule has 3 rings (SSSR count). The van der Waals surface area contributed by atoms with Crippen molar-refractivity contribution < 1.29 is 18.9 Å². The highest BCUT2D eigenvalue weighted by Gasteiger charge is 2.37. The number of hydrogen-bond acceptors (Lipinski definition) is 6. The van der Waals surface area contributed by atoms with Gasteiger partial charge in [0.15, 0.2) is 0 Å². The van der Waals surface area contributed by atoms with Crippen LogP contribution in [0.25, 0.3) is 6.08 Å². The van der Waals surface area contributed by atoms with Gasteiger partial charge >= 0.3 is 5.88 Å². The van der Waals surface area contributed by atoms with Gasteiger partial charge < -0.3 is 4.42 Å². The second-order valence-corrected chi connectivity index (χ2v) is 6.65. The lowest BCUT2D eigenvalue weighted by Gasteiger charge is -2.16. The van der Waals surface area contributed by atoms with Crippen molar-refractivity contribution in [3.05, 3.63) is 61.7 Å². The van der Waals surface area contributed by atoms with Crippen molar-refractivity contribution in [3.8, 4) is 0 Å². The Balaban J connectivity index is 1.94. The number of thioether (sulfide) groups is 1. The smallest absolute Gasteiger partial charge is 0.401 e. The summed E-state index contributed by atoms with van der Waals surface area (Å²) in [6.07, 6.45) is 1.34. The molecule has 0 N–H and O–H groups in total. The number of benzene rings is 1. The molecule has 0 aliphatic carbocycles. The molecule has 2 amide bonds. The van der Waals surface area contributed by atoms with Crippen LogP contribution in [0.5, 0.6) is 0 Å². The molecule has 1 saturated heterocycles. The predicted molar refractivity (Wildman–Crippen MR) is 94.5 cm³/mol. The fourth-order valence-electron chi connectivity index (χ4n) is 2.48. The number of hydrogen-bond donors (Lipinski definition) is 0. The van der Waals surface area contributed by atoms with E-state index in [0.29, 0.717) is 5.69 Å². The van der Waals surface area contributed by atoms with E-state index in [1.165, 1.54) is 18.2 Å². The van der Waals surface area contributed by atoms with E-state index in [9.17, 15) is 19.7 Å². The normalized spacial score (nSPS) is 16.1. The largest absolute Gasteiger partial charge is 0.433 e. The van der Waals surface area contributed by atoms with Gasteiger partial charge in [-0.1, -0.05) is 0 Å². The van der Waals surface area contributed by atoms with Crippen molar-refractivity contribution in [1.82, 2.24) is 0 Å². The van der Waals surface area contributed by atoms with Crippen LogP contribution in [-0.4, -0.2) is 16.1 Å². The van der Waals surface area contributed by atoms with Gasteiger partial charge in [-0.15, -0.1) is 0 Å². The minimum atomic E-state index is -0.666. The molecule has 8 heteroatoms. The van der Waals surface area contributed by atoms with Crippen LogP contribution < -0.4 is 4.90 Å². The first-order chi connectivity index (χ1) is 11.8. The number of furan rings is 1. The molecule has 0 atom stereocenters. The van der Waals surface area contributed by atoms with Crippen molar-refractivity contribution >= 4 is 40.6 Å². The number of carbonyl (C=O) groups is 2. The third-order valence-electron chi connectivity index (χ3n) is 4.03. The van der Waals surface area contributed by atoms with Crippen LogP contribution in [0.2, 0.25) is 0 Å². The van der Waals surface area contributed by atoms with Crippen LogP contribution in [0.15, 0.2) is 33.6 Å². The molecular formula is C17H14N2O5S. The summed E-state index contributed by atoms with van der Waals surface area (Å²) >= 11 is 0.774. The first-order valence-electron chi connectivity index (χ1n) is 7.38. The number of aryl methyl sites for hydroxylation is 2. The molecule has 1 aromatic heterocycles. The van der Waals surface area contributed by atoms with Crippen LogP contribution in [0.1, 0.15) is 22.5 Å². The first-order valence-corrected chi connectivity index (χ1v) is 8.19. The summed E-state index contributed by atoms with van der Waals surface area (Å²) in [6.45, 7) is 5.82. The van der Waals surface area contributed by atoms with E-state index in [0.717, 1.165) is 33.4 Å². The number of anilines is 1. The van der Waals surface area contributed by atoms with Crippen molar-refractivity contribution in [3.63, 3.8) is 0 Å². The van der Waals surface area contributed by atoms with E-state index in [2.05, 4.69) is 0 Å². The van der Waals surface area contributed by atoms with Crippen molar-refractivity contribution in [2.75, 3.05) is 4.90 Å². The Kier molecular flexibility index (Phi) is 4.22. The van der Waals surface area contributed by atoms with Crippen molar-refractivity contribution in [1.29, 1.82) is 0 Å². The van der Waals surface area contributed by atoms with E-state index in [1.807, 2.05) is 20.8 Å². The number of nitrogens with zero attached hydrogens (tertiary/aromatic N) is 2. The minimum absolute atomic E-state index is 0.147. The summed E-state index contributed by atoms with van der Waals surface area (Å²) in [5, 5.41) is 10.2. The fraction of sp³-hybridized carbons (Fsp3) is 0.176. The maximum atomic E-state index is 12.6. The van der Waals surface area contributed by atoms with E-state index in [4.69, 9.17) is 4.42 Å². The number of rotatable bonds is 3. The lowest BCUT2D eigenvalue weighted by atomic mass is 10.0. The summed E-state index contributed by atoms with van der Waals surface area (Å²) in [5.41, 5.74) is 3.59. The summed E-state index contributed by atoms with van der Waals surface area (Å²) in [6, 6.07) is 6.16. The fourth-order valence-corrected chi connectivity index (χ4v) is 3.30. The zero-order chi connectivity index (χ0) is 18.3. The minimum Gasteiger partial charge on any atom is -0.401 e. The summed E-state index contributed by atoms with van der Waals surface area (Å²) in [5.74, 6) is -0.750. The third kappa shape index (κ3) is 3.08. The van der Waals surface area contributed by atoms with Gasteiger partial charge in [-0.05, 0) is 67.4 Å². The molecule has 1 aliphatic rings. The Hall–Kier alpha value is -2.87. The zero-order valence-corrected chi connectivity index (χ0v) is 14.5. The van der Waals surface area contributed by atoms with Gasteiger partial charge in [0.2, 0.25) is 0 Å². The third-order valence-corrected chi connectivity index (χ3v) is 4.90. The molecule has 0 saturated carbocycles. The predicted octanol–water partition coefficient (Wildman–Crippen LogP) is 4.35. The second kappa shape index (κ2) is 6.21. The quantitative estimate of drug-likeness (QED) is 0.460. The second-order valence-electron chi connectivity index (χ2n) is 5.65. The van der Waals surface area contributed by atoms with Gasteiger partial charge in [-0.25, -0.2) is 4.90 Å². The molecule has 25 heavy (non-hydrogen) atoms. The molecular weight excluding hydrogens is 344 g/mol. The number of imide groups is 1. The van der Waals surface area contributed by atoms with Crippen LogP contribution >= 0.6 is 11.8 Å². The molecule has 1 aliphatic heterocycles. The van der Waals surface area contributed by atoms with Crippen molar-refractivity contribution in [2.45, 2.75) is 20.8 Å². The molecule has 0 unspecified atom stereocenters. The van der Waals surface area contributed by atoms with E-state index >= 15 is 0 Å². The monoisotopic (exact) mass is 358 g/mol. The standard InChI is InChI=1S/C17H14N2O5S/c1-9-6-12(7-10(2)11(9)3)18-16(20)14(25-17(18)21)8-13-4-5-15(24-13)19(22)23/h4-8H,1-3H3/b14-8-. The Bertz CT molecular complexity index is 921. The van der Waals surface area contributed by atoms with Gasteiger partial charge in [0.25, 0.3) is 11.1 Å². The Morgan fingerprint density at radius 1 is 1.16 bits per heavy atom. The maximum absolute atomic E-state index is 12.6. The highest BCUT2D eigenvalue weighted by molar-refractivity contribution is 8.19. The Morgan fingerprint density at radius 3 is 2.36 bits per heavy atom. The highest BCUT2D eigenvalue weighted by Crippen LogP contribution is 2.37. The van der Waals surface area contributed by atoms with Gasteiger partial charge in [0, 0.05) is 6.08 Å². The lowest BCUT2D eigenvalue weighted by molar-refractivity contribution is -0.402. The molecule has 0 spiro atoms. The molecule has 7 nitrogen and oxygen atoms in total. The molecule has 1 aromatic carbocycles. The van der Waals surface area contributed by atoms with Crippen LogP contribution in [0.3, 0.4) is 0 Å². The number of nitro groups is 1. The van der Waals surface area contributed by atoms with Gasteiger partial charge in [0.05, 0.1) is 16.7 Å². The molecule has 0 bridgehead atoms. The summed E-state index contributed by atoms with van der Waals surface area (Å²) in [7, 11) is 0. The van der Waals surface area contributed by atoms with Gasteiger partial charge in [0.1, 0.15) is 10.7 Å². The lowest BCUT2D eigenvalue weighted by Crippen LogP contribution is -2.27. The molecule has 0 radical (unpaired) electrons. The maximum Gasteiger partial charge on any atom is 0.433 e. The molecule has 2 aromatic rings. The van der Waals surface area contributed by atoms with E-state index < -0.39 is 22.0 Å². The highest BCUT2D eigenvalue weighted by atomic mass is 32.2. The Labute approximate surface area is 147 Å². The Morgan fingerprint density at radius 2 is 1.80 bits per heavy atom. The molecule has 128 valence electrons. The van der Waals surface area contributed by atoms with Crippen LogP contribution in [0.4, 0.5) is 16.4 Å². The average molecular weight is 358 g/mol. The SMILES string of the molecule is Cc1cc(N2C(=O)S/C(=C\c3ccc([N+](=O)[O-])o3)C2=O)cc(C)c1C. The number of carbonyl (C=O) groups excluding carboxylic acids is 2. The molecule has 2 heterocycles.